The van der Waals surface area contributed by atoms with Gasteiger partial charge in [0.15, 0.2) is 0 Å². The van der Waals surface area contributed by atoms with E-state index in [1.54, 1.807) is 16.6 Å². The molecule has 1 aromatic carbocycles. The predicted octanol–water partition coefficient (Wildman–Crippen LogP) is 2.58. The third kappa shape index (κ3) is 2.62. The van der Waals surface area contributed by atoms with Crippen LogP contribution in [0.2, 0.25) is 0 Å². The second-order valence-electron chi connectivity index (χ2n) is 4.77. The predicted molar refractivity (Wildman–Crippen MR) is 85.3 cm³/mol. The topological polar surface area (TPSA) is 51.5 Å². The number of thioether (sulfide) groups is 1. The normalized spacial score (nSPS) is 16.7. The van der Waals surface area contributed by atoms with Gasteiger partial charge in [-0.25, -0.2) is 5.01 Å². The van der Waals surface area contributed by atoms with E-state index < -0.39 is 0 Å². The fourth-order valence-corrected chi connectivity index (χ4v) is 3.58. The highest BCUT2D eigenvalue weighted by Gasteiger charge is 2.38. The number of hydrogen-bond donors (Lipinski definition) is 0. The highest BCUT2D eigenvalue weighted by Crippen LogP contribution is 2.40. The van der Waals surface area contributed by atoms with Gasteiger partial charge in [-0.15, -0.1) is 11.8 Å². The molecular formula is C16H16N2O3S. The van der Waals surface area contributed by atoms with Crippen LogP contribution in [0.4, 0.5) is 0 Å². The molecule has 1 aliphatic rings. The number of carbonyl (C=O) groups is 2. The molecule has 114 valence electrons. The van der Waals surface area contributed by atoms with Gasteiger partial charge >= 0.3 is 5.97 Å². The average Bonchev–Trinajstić information content (AvgIpc) is 3.13. The van der Waals surface area contributed by atoms with E-state index in [0.29, 0.717) is 12.2 Å². The lowest BCUT2D eigenvalue weighted by molar-refractivity contribution is -0.139. The average molecular weight is 316 g/mol. The van der Waals surface area contributed by atoms with Gasteiger partial charge in [0.2, 0.25) is 0 Å². The Bertz CT molecular complexity index is 684. The zero-order valence-corrected chi connectivity index (χ0v) is 13.0. The minimum absolute atomic E-state index is 0.0619. The van der Waals surface area contributed by atoms with E-state index in [1.165, 1.54) is 11.8 Å². The van der Waals surface area contributed by atoms with Crippen molar-refractivity contribution >= 4 is 23.6 Å². The molecule has 2 heterocycles. The summed E-state index contributed by atoms with van der Waals surface area (Å²) < 4.78 is 6.73. The molecule has 1 atom stereocenters. The van der Waals surface area contributed by atoms with Gasteiger partial charge in [-0.3, -0.25) is 14.3 Å². The highest BCUT2D eigenvalue weighted by molar-refractivity contribution is 8.00. The first-order chi connectivity index (χ1) is 10.7. The Hall–Kier alpha value is -2.21. The Morgan fingerprint density at radius 3 is 2.68 bits per heavy atom. The summed E-state index contributed by atoms with van der Waals surface area (Å²) in [5, 5.41) is 1.43. The monoisotopic (exact) mass is 316 g/mol. The van der Waals surface area contributed by atoms with Gasteiger partial charge in [-0.05, 0) is 30.7 Å². The summed E-state index contributed by atoms with van der Waals surface area (Å²) >= 11 is 1.39. The van der Waals surface area contributed by atoms with Crippen molar-refractivity contribution in [2.24, 2.45) is 0 Å². The van der Waals surface area contributed by atoms with Gasteiger partial charge in [0.1, 0.15) is 5.37 Å². The maximum Gasteiger partial charge on any atom is 0.315 e. The number of esters is 1. The molecule has 0 fully saturated rings. The Balaban J connectivity index is 1.89. The molecule has 5 nitrogen and oxygen atoms in total. The summed E-state index contributed by atoms with van der Waals surface area (Å²) in [6.07, 6.45) is 3.64. The molecule has 0 bridgehead atoms. The lowest BCUT2D eigenvalue weighted by Crippen LogP contribution is -2.36. The number of amides is 1. The van der Waals surface area contributed by atoms with Crippen molar-refractivity contribution < 1.29 is 14.3 Å². The lowest BCUT2D eigenvalue weighted by Gasteiger charge is -2.25. The van der Waals surface area contributed by atoms with Crippen LogP contribution in [0.25, 0.3) is 0 Å². The van der Waals surface area contributed by atoms with E-state index in [9.17, 15) is 9.59 Å². The number of rotatable bonds is 5. The first-order valence-corrected chi connectivity index (χ1v) is 8.10. The van der Waals surface area contributed by atoms with Crippen LogP contribution < -0.4 is 5.01 Å². The number of ether oxygens (including phenoxy) is 1. The number of carbonyl (C=O) groups excluding carboxylic acids is 2. The van der Waals surface area contributed by atoms with Crippen molar-refractivity contribution in [1.82, 2.24) is 4.68 Å². The molecule has 1 aromatic heterocycles. The van der Waals surface area contributed by atoms with Gasteiger partial charge in [0.25, 0.3) is 5.91 Å². The Morgan fingerprint density at radius 1 is 1.23 bits per heavy atom. The Labute approximate surface area is 132 Å². The van der Waals surface area contributed by atoms with Crippen LogP contribution in [-0.2, 0) is 9.53 Å². The van der Waals surface area contributed by atoms with E-state index in [4.69, 9.17) is 4.74 Å². The molecule has 0 spiro atoms. The standard InChI is InChI=1S/C16H16N2O3S/c1-2-21-14(19)11-22-16-13-8-4-3-7-12(13)15(20)18(16)17-9-5-6-10-17/h3-10,16H,2,11H2,1H3. The van der Waals surface area contributed by atoms with Gasteiger partial charge in [0, 0.05) is 18.0 Å². The molecule has 1 unspecified atom stereocenters. The van der Waals surface area contributed by atoms with Crippen LogP contribution in [0.3, 0.4) is 0 Å². The number of aromatic nitrogens is 1. The maximum atomic E-state index is 12.7. The first-order valence-electron chi connectivity index (χ1n) is 7.05. The largest absolute Gasteiger partial charge is 0.465 e. The number of nitrogens with zero attached hydrogens (tertiary/aromatic N) is 2. The van der Waals surface area contributed by atoms with Crippen LogP contribution in [0.5, 0.6) is 0 Å². The van der Waals surface area contributed by atoms with Crippen molar-refractivity contribution in [3.8, 4) is 0 Å². The lowest BCUT2D eigenvalue weighted by atomic mass is 10.1. The molecule has 22 heavy (non-hydrogen) atoms. The summed E-state index contributed by atoms with van der Waals surface area (Å²) in [6.45, 7) is 2.14. The Kier molecular flexibility index (Phi) is 4.20. The minimum Gasteiger partial charge on any atom is -0.465 e. The second kappa shape index (κ2) is 6.27. The van der Waals surface area contributed by atoms with Crippen molar-refractivity contribution in [3.05, 3.63) is 59.9 Å². The van der Waals surface area contributed by atoms with Crippen molar-refractivity contribution in [2.75, 3.05) is 17.4 Å². The summed E-state index contributed by atoms with van der Waals surface area (Å²) in [4.78, 5) is 24.3. The molecule has 0 N–H and O–H groups in total. The molecule has 1 aliphatic heterocycles. The molecule has 0 aliphatic carbocycles. The second-order valence-corrected chi connectivity index (χ2v) is 5.84. The minimum atomic E-state index is -0.267. The van der Waals surface area contributed by atoms with E-state index in [-0.39, 0.29) is 23.0 Å². The zero-order valence-electron chi connectivity index (χ0n) is 12.1. The third-order valence-corrected chi connectivity index (χ3v) is 4.56. The van der Waals surface area contributed by atoms with E-state index in [0.717, 1.165) is 5.56 Å². The van der Waals surface area contributed by atoms with Gasteiger partial charge in [0.05, 0.1) is 12.4 Å². The fourth-order valence-electron chi connectivity index (χ4n) is 2.47. The van der Waals surface area contributed by atoms with Crippen molar-refractivity contribution in [2.45, 2.75) is 12.3 Å². The molecule has 2 aromatic rings. The van der Waals surface area contributed by atoms with E-state index in [1.807, 2.05) is 48.8 Å². The summed E-state index contributed by atoms with van der Waals surface area (Å²) in [6, 6.07) is 11.2. The molecule has 0 saturated heterocycles. The fraction of sp³-hybridized carbons (Fsp3) is 0.250. The van der Waals surface area contributed by atoms with Crippen LogP contribution in [0.15, 0.2) is 48.8 Å². The molecule has 1 amide bonds. The van der Waals surface area contributed by atoms with Gasteiger partial charge in [-0.2, -0.15) is 0 Å². The molecular weight excluding hydrogens is 300 g/mol. The number of benzene rings is 1. The van der Waals surface area contributed by atoms with Gasteiger partial charge < -0.3 is 4.74 Å². The summed E-state index contributed by atoms with van der Waals surface area (Å²) in [5.74, 6) is -0.123. The third-order valence-electron chi connectivity index (χ3n) is 3.39. The van der Waals surface area contributed by atoms with Crippen molar-refractivity contribution in [1.29, 1.82) is 0 Å². The SMILES string of the molecule is CCOC(=O)CSC1c2ccccc2C(=O)N1n1cccc1. The summed E-state index contributed by atoms with van der Waals surface area (Å²) in [7, 11) is 0. The zero-order chi connectivity index (χ0) is 15.5. The molecule has 0 radical (unpaired) electrons. The smallest absolute Gasteiger partial charge is 0.315 e. The van der Waals surface area contributed by atoms with Crippen molar-refractivity contribution in [3.63, 3.8) is 0 Å². The van der Waals surface area contributed by atoms with Gasteiger partial charge in [-0.1, -0.05) is 18.2 Å². The van der Waals surface area contributed by atoms with E-state index >= 15 is 0 Å². The van der Waals surface area contributed by atoms with E-state index in [2.05, 4.69) is 0 Å². The maximum absolute atomic E-state index is 12.7. The Morgan fingerprint density at radius 2 is 1.95 bits per heavy atom. The summed E-state index contributed by atoms with van der Waals surface area (Å²) in [5.41, 5.74) is 1.60. The highest BCUT2D eigenvalue weighted by atomic mass is 32.2. The number of hydrogen-bond acceptors (Lipinski definition) is 4. The molecule has 0 saturated carbocycles. The van der Waals surface area contributed by atoms with Crippen LogP contribution >= 0.6 is 11.8 Å². The first kappa shape index (κ1) is 14.7. The van der Waals surface area contributed by atoms with Crippen LogP contribution in [0.1, 0.15) is 28.2 Å². The number of fused-ring (bicyclic) bond motifs is 1. The molecule has 3 rings (SSSR count). The van der Waals surface area contributed by atoms with Crippen LogP contribution in [-0.4, -0.2) is 28.9 Å². The molecule has 6 heteroatoms. The quantitative estimate of drug-likeness (QED) is 0.796. The van der Waals surface area contributed by atoms with Crippen LogP contribution in [0, 0.1) is 0 Å².